The van der Waals surface area contributed by atoms with Crippen LogP contribution in [0.1, 0.15) is 0 Å². The summed E-state index contributed by atoms with van der Waals surface area (Å²) in [5.41, 5.74) is -0.988. The molecule has 3 aromatic rings. The van der Waals surface area contributed by atoms with E-state index in [1.807, 2.05) is 0 Å². The van der Waals surface area contributed by atoms with Gasteiger partial charge in [0.15, 0.2) is 11.2 Å². The van der Waals surface area contributed by atoms with Crippen molar-refractivity contribution in [3.05, 3.63) is 61.9 Å². The van der Waals surface area contributed by atoms with Crippen LogP contribution in [0, 0.1) is 0 Å². The van der Waals surface area contributed by atoms with Gasteiger partial charge in [0, 0.05) is 32.9 Å². The number of hydrogen-bond donors (Lipinski definition) is 2. The van der Waals surface area contributed by atoms with Crippen molar-refractivity contribution in [2.24, 2.45) is 14.1 Å². The minimum absolute atomic E-state index is 0.0383. The SMILES string of the molecule is Cn1c(=O)c2c(ncn2CC(=O)NCC(O)Cn2ccccc2=O)n(C)c1=O. The molecule has 148 valence electrons. The molecule has 0 saturated heterocycles. The molecule has 0 fully saturated rings. The molecule has 3 rings (SSSR count). The number of nitrogens with zero attached hydrogens (tertiary/aromatic N) is 5. The van der Waals surface area contributed by atoms with Gasteiger partial charge >= 0.3 is 5.69 Å². The molecule has 0 aromatic carbocycles. The molecular formula is C17H20N6O5. The van der Waals surface area contributed by atoms with Crippen molar-refractivity contribution in [2.45, 2.75) is 19.2 Å². The summed E-state index contributed by atoms with van der Waals surface area (Å²) in [6.07, 6.45) is 1.90. The van der Waals surface area contributed by atoms with E-state index in [9.17, 15) is 24.3 Å². The lowest BCUT2D eigenvalue weighted by atomic mass is 10.3. The van der Waals surface area contributed by atoms with Crippen molar-refractivity contribution >= 4 is 17.1 Å². The van der Waals surface area contributed by atoms with E-state index in [4.69, 9.17) is 0 Å². The zero-order valence-electron chi connectivity index (χ0n) is 15.4. The third-order valence-electron chi connectivity index (χ3n) is 4.37. The summed E-state index contributed by atoms with van der Waals surface area (Å²) >= 11 is 0. The van der Waals surface area contributed by atoms with Crippen LogP contribution in [0.5, 0.6) is 0 Å². The molecule has 11 nitrogen and oxygen atoms in total. The summed E-state index contributed by atoms with van der Waals surface area (Å²) in [5, 5.41) is 12.6. The van der Waals surface area contributed by atoms with Gasteiger partial charge in [-0.15, -0.1) is 0 Å². The zero-order valence-corrected chi connectivity index (χ0v) is 15.4. The standard InChI is InChI=1S/C17H20N6O5/c1-20-15-14(16(27)21(2)17(20)28)23(10-19-15)9-12(25)18-7-11(24)8-22-6-4-3-5-13(22)26/h3-6,10-11,24H,7-9H2,1-2H3,(H,18,25). The summed E-state index contributed by atoms with van der Waals surface area (Å²) in [5.74, 6) is -0.449. The van der Waals surface area contributed by atoms with E-state index in [1.165, 1.54) is 40.2 Å². The molecule has 1 unspecified atom stereocenters. The van der Waals surface area contributed by atoms with Crippen LogP contribution in [0.3, 0.4) is 0 Å². The lowest BCUT2D eigenvalue weighted by Crippen LogP contribution is -2.39. The molecule has 11 heteroatoms. The number of imidazole rings is 1. The Balaban J connectivity index is 1.69. The summed E-state index contributed by atoms with van der Waals surface area (Å²) in [6, 6.07) is 4.65. The van der Waals surface area contributed by atoms with E-state index in [0.717, 1.165) is 4.57 Å². The highest BCUT2D eigenvalue weighted by Gasteiger charge is 2.16. The summed E-state index contributed by atoms with van der Waals surface area (Å²) in [6.45, 7) is -0.234. The fraction of sp³-hybridized carbons (Fsp3) is 0.353. The average Bonchev–Trinajstić information content (AvgIpc) is 3.08. The smallest absolute Gasteiger partial charge is 0.332 e. The summed E-state index contributed by atoms with van der Waals surface area (Å²) < 4.78 is 4.86. The maximum absolute atomic E-state index is 12.4. The Morgan fingerprint density at radius 1 is 1.18 bits per heavy atom. The maximum atomic E-state index is 12.4. The van der Waals surface area contributed by atoms with Crippen molar-refractivity contribution in [3.63, 3.8) is 0 Å². The van der Waals surface area contributed by atoms with Crippen LogP contribution in [-0.2, 0) is 32.0 Å². The molecule has 0 aliphatic carbocycles. The molecule has 0 radical (unpaired) electrons. The first-order valence-corrected chi connectivity index (χ1v) is 8.50. The topological polar surface area (TPSA) is 133 Å². The van der Waals surface area contributed by atoms with Crippen molar-refractivity contribution in [1.29, 1.82) is 0 Å². The molecule has 0 saturated carbocycles. The average molecular weight is 388 g/mol. The number of amides is 1. The number of fused-ring (bicyclic) bond motifs is 1. The van der Waals surface area contributed by atoms with Crippen LogP contribution in [0.25, 0.3) is 11.2 Å². The number of carbonyl (C=O) groups is 1. The third kappa shape index (κ3) is 3.64. The number of aliphatic hydroxyl groups is 1. The predicted octanol–water partition coefficient (Wildman–Crippen LogP) is -2.23. The van der Waals surface area contributed by atoms with E-state index in [2.05, 4.69) is 10.3 Å². The van der Waals surface area contributed by atoms with Gasteiger partial charge in [-0.25, -0.2) is 9.78 Å². The Labute approximate surface area is 158 Å². The van der Waals surface area contributed by atoms with Crippen molar-refractivity contribution < 1.29 is 9.90 Å². The van der Waals surface area contributed by atoms with Crippen LogP contribution in [0.15, 0.2) is 45.1 Å². The fourth-order valence-corrected chi connectivity index (χ4v) is 2.86. The normalized spacial score (nSPS) is 12.2. The number of carbonyl (C=O) groups excluding carboxylic acids is 1. The number of hydrogen-bond acceptors (Lipinski definition) is 6. The Hall–Kier alpha value is -3.47. The van der Waals surface area contributed by atoms with Gasteiger partial charge in [-0.05, 0) is 6.07 Å². The third-order valence-corrected chi connectivity index (χ3v) is 4.37. The van der Waals surface area contributed by atoms with Crippen molar-refractivity contribution in [1.82, 2.24) is 28.6 Å². The van der Waals surface area contributed by atoms with Gasteiger partial charge in [0.05, 0.1) is 19.0 Å². The minimum atomic E-state index is -0.961. The van der Waals surface area contributed by atoms with E-state index in [1.54, 1.807) is 18.3 Å². The Morgan fingerprint density at radius 3 is 2.64 bits per heavy atom. The first-order chi connectivity index (χ1) is 13.3. The van der Waals surface area contributed by atoms with E-state index >= 15 is 0 Å². The first kappa shape index (κ1) is 19.3. The zero-order chi connectivity index (χ0) is 20.4. The van der Waals surface area contributed by atoms with Crippen LogP contribution in [0.2, 0.25) is 0 Å². The van der Waals surface area contributed by atoms with Crippen molar-refractivity contribution in [3.8, 4) is 0 Å². The highest BCUT2D eigenvalue weighted by atomic mass is 16.3. The second-order valence-electron chi connectivity index (χ2n) is 6.40. The molecule has 3 heterocycles. The van der Waals surface area contributed by atoms with E-state index in [-0.39, 0.29) is 36.4 Å². The molecule has 0 aliphatic rings. The Kier molecular flexibility index (Phi) is 5.27. The van der Waals surface area contributed by atoms with Crippen LogP contribution in [0.4, 0.5) is 0 Å². The Morgan fingerprint density at radius 2 is 1.93 bits per heavy atom. The van der Waals surface area contributed by atoms with Gasteiger partial charge in [-0.1, -0.05) is 6.07 Å². The first-order valence-electron chi connectivity index (χ1n) is 8.50. The van der Waals surface area contributed by atoms with Crippen LogP contribution < -0.4 is 22.1 Å². The molecule has 1 amide bonds. The molecule has 1 atom stereocenters. The monoisotopic (exact) mass is 388 g/mol. The number of nitrogens with one attached hydrogen (secondary N) is 1. The molecule has 0 aliphatic heterocycles. The summed E-state index contributed by atoms with van der Waals surface area (Å²) in [7, 11) is 2.84. The van der Waals surface area contributed by atoms with Gasteiger partial charge in [0.25, 0.3) is 11.1 Å². The lowest BCUT2D eigenvalue weighted by Gasteiger charge is -2.13. The van der Waals surface area contributed by atoms with Crippen molar-refractivity contribution in [2.75, 3.05) is 6.54 Å². The quantitative estimate of drug-likeness (QED) is 0.491. The largest absolute Gasteiger partial charge is 0.389 e. The van der Waals surface area contributed by atoms with Crippen LogP contribution in [-0.4, -0.2) is 46.9 Å². The van der Waals surface area contributed by atoms with Crippen LogP contribution >= 0.6 is 0 Å². The van der Waals surface area contributed by atoms with E-state index in [0.29, 0.717) is 0 Å². The minimum Gasteiger partial charge on any atom is -0.389 e. The fourth-order valence-electron chi connectivity index (χ4n) is 2.86. The molecule has 28 heavy (non-hydrogen) atoms. The highest BCUT2D eigenvalue weighted by molar-refractivity contribution is 5.78. The molecule has 2 N–H and O–H groups in total. The van der Waals surface area contributed by atoms with Gasteiger partial charge in [0.2, 0.25) is 5.91 Å². The second kappa shape index (κ2) is 7.64. The molecule has 3 aromatic heterocycles. The number of aryl methyl sites for hydroxylation is 1. The van der Waals surface area contributed by atoms with Gasteiger partial charge in [-0.2, -0.15) is 0 Å². The summed E-state index contributed by atoms with van der Waals surface area (Å²) in [4.78, 5) is 52.2. The second-order valence-corrected chi connectivity index (χ2v) is 6.40. The molecular weight excluding hydrogens is 368 g/mol. The highest BCUT2D eigenvalue weighted by Crippen LogP contribution is 2.05. The number of aliphatic hydroxyl groups excluding tert-OH is 1. The predicted molar refractivity (Wildman–Crippen MR) is 99.9 cm³/mol. The van der Waals surface area contributed by atoms with Gasteiger partial charge in [-0.3, -0.25) is 23.5 Å². The molecule has 0 bridgehead atoms. The molecule has 0 spiro atoms. The Bertz CT molecular complexity index is 1200. The van der Waals surface area contributed by atoms with E-state index < -0.39 is 23.3 Å². The number of aromatic nitrogens is 5. The van der Waals surface area contributed by atoms with Gasteiger partial charge < -0.3 is 19.6 Å². The van der Waals surface area contributed by atoms with Gasteiger partial charge in [0.1, 0.15) is 6.54 Å². The number of rotatable bonds is 6. The lowest BCUT2D eigenvalue weighted by molar-refractivity contribution is -0.122. The maximum Gasteiger partial charge on any atom is 0.332 e. The number of pyridine rings is 1.